The second-order valence-corrected chi connectivity index (χ2v) is 6.61. The molecule has 0 amide bonds. The minimum Gasteiger partial charge on any atom is -0.464 e. The third kappa shape index (κ3) is 3.47. The van der Waals surface area contributed by atoms with Crippen molar-refractivity contribution in [3.8, 4) is 0 Å². The molecule has 2 aromatic rings. The highest BCUT2D eigenvalue weighted by molar-refractivity contribution is 9.10. The molecule has 0 saturated carbocycles. The summed E-state index contributed by atoms with van der Waals surface area (Å²) in [6.07, 6.45) is 0. The van der Waals surface area contributed by atoms with E-state index in [1.807, 2.05) is 53.4 Å². The first-order valence-electron chi connectivity index (χ1n) is 7.62. The van der Waals surface area contributed by atoms with Crippen molar-refractivity contribution in [1.82, 2.24) is 0 Å². The molecule has 124 valence electrons. The van der Waals surface area contributed by atoms with Crippen LogP contribution < -0.4 is 4.90 Å². The van der Waals surface area contributed by atoms with Crippen molar-refractivity contribution in [3.63, 3.8) is 0 Å². The normalized spacial score (nSPS) is 16.9. The average Bonchev–Trinajstić information content (AvgIpc) is 3.01. The van der Waals surface area contributed by atoms with Crippen molar-refractivity contribution in [1.29, 1.82) is 0 Å². The van der Waals surface area contributed by atoms with E-state index in [4.69, 9.17) is 16.3 Å². The second-order valence-electron chi connectivity index (χ2n) is 5.29. The highest BCUT2D eigenvalue weighted by Gasteiger charge is 2.33. The lowest BCUT2D eigenvalue weighted by Crippen LogP contribution is -2.32. The maximum Gasteiger partial charge on any atom is 0.332 e. The zero-order valence-corrected chi connectivity index (χ0v) is 15.4. The van der Waals surface area contributed by atoms with E-state index < -0.39 is 6.04 Å². The Bertz CT molecular complexity index is 777. The van der Waals surface area contributed by atoms with Gasteiger partial charge >= 0.3 is 5.97 Å². The highest BCUT2D eigenvalue weighted by Crippen LogP contribution is 2.28. The van der Waals surface area contributed by atoms with Gasteiger partial charge in [0.2, 0.25) is 0 Å². The van der Waals surface area contributed by atoms with Gasteiger partial charge in [-0.05, 0) is 43.3 Å². The summed E-state index contributed by atoms with van der Waals surface area (Å²) in [4.78, 5) is 18.7. The highest BCUT2D eigenvalue weighted by atomic mass is 79.9. The van der Waals surface area contributed by atoms with E-state index >= 15 is 0 Å². The summed E-state index contributed by atoms with van der Waals surface area (Å²) in [6.45, 7) is 2.56. The smallest absolute Gasteiger partial charge is 0.332 e. The fourth-order valence-electron chi connectivity index (χ4n) is 2.59. The van der Waals surface area contributed by atoms with Crippen LogP contribution in [0.25, 0.3) is 0 Å². The van der Waals surface area contributed by atoms with Crippen molar-refractivity contribution in [2.45, 2.75) is 13.0 Å². The van der Waals surface area contributed by atoms with E-state index in [2.05, 4.69) is 20.9 Å². The Morgan fingerprint density at radius 1 is 1.29 bits per heavy atom. The van der Waals surface area contributed by atoms with Crippen LogP contribution in [-0.4, -0.2) is 31.0 Å². The van der Waals surface area contributed by atoms with E-state index in [-0.39, 0.29) is 5.97 Å². The van der Waals surface area contributed by atoms with Gasteiger partial charge in [-0.3, -0.25) is 4.99 Å². The maximum absolute atomic E-state index is 12.1. The molecule has 4 nitrogen and oxygen atoms in total. The van der Waals surface area contributed by atoms with Gasteiger partial charge in [-0.15, -0.1) is 0 Å². The minimum absolute atomic E-state index is 0.318. The number of hydrogen-bond donors (Lipinski definition) is 0. The van der Waals surface area contributed by atoms with Crippen LogP contribution in [0.3, 0.4) is 0 Å². The zero-order chi connectivity index (χ0) is 17.1. The molecule has 0 fully saturated rings. The molecular weight excluding hydrogens is 392 g/mol. The summed E-state index contributed by atoms with van der Waals surface area (Å²) in [7, 11) is 0. The molecule has 2 aromatic carbocycles. The number of hydrogen-bond acceptors (Lipinski definition) is 4. The van der Waals surface area contributed by atoms with Gasteiger partial charge in [-0.25, -0.2) is 4.79 Å². The van der Waals surface area contributed by atoms with Crippen LogP contribution >= 0.6 is 27.5 Å². The van der Waals surface area contributed by atoms with Crippen LogP contribution in [0.1, 0.15) is 12.5 Å². The third-order valence-electron chi connectivity index (χ3n) is 3.70. The average molecular weight is 408 g/mol. The molecule has 3 rings (SSSR count). The number of benzene rings is 2. The molecule has 24 heavy (non-hydrogen) atoms. The summed E-state index contributed by atoms with van der Waals surface area (Å²) >= 11 is 9.78. The van der Waals surface area contributed by atoms with Gasteiger partial charge < -0.3 is 9.64 Å². The Labute approximate surface area is 154 Å². The third-order valence-corrected chi connectivity index (χ3v) is 4.56. The van der Waals surface area contributed by atoms with Gasteiger partial charge in [0.25, 0.3) is 0 Å². The Hall–Kier alpha value is -1.85. The fourth-order valence-corrected chi connectivity index (χ4v) is 3.07. The quantitative estimate of drug-likeness (QED) is 0.710. The van der Waals surface area contributed by atoms with Crippen LogP contribution in [0.15, 0.2) is 58.0 Å². The van der Waals surface area contributed by atoms with Gasteiger partial charge in [0, 0.05) is 15.7 Å². The number of rotatable bonds is 4. The predicted octanol–water partition coefficient (Wildman–Crippen LogP) is 4.30. The summed E-state index contributed by atoms with van der Waals surface area (Å²) in [6, 6.07) is 14.8. The van der Waals surface area contributed by atoms with E-state index in [0.29, 0.717) is 24.0 Å². The number of carbonyl (C=O) groups excluding carboxylic acids is 1. The van der Waals surface area contributed by atoms with Crippen LogP contribution in [0.5, 0.6) is 0 Å². The summed E-state index contributed by atoms with van der Waals surface area (Å²) < 4.78 is 6.12. The van der Waals surface area contributed by atoms with Gasteiger partial charge in [0.05, 0.1) is 18.2 Å². The van der Waals surface area contributed by atoms with E-state index in [9.17, 15) is 4.79 Å². The molecule has 0 saturated heterocycles. The molecule has 6 heteroatoms. The minimum atomic E-state index is -0.556. The molecule has 0 radical (unpaired) electrons. The van der Waals surface area contributed by atoms with Crippen LogP contribution in [0.4, 0.5) is 5.69 Å². The van der Waals surface area contributed by atoms with Crippen LogP contribution in [0.2, 0.25) is 5.02 Å². The largest absolute Gasteiger partial charge is 0.464 e. The first kappa shape index (κ1) is 17.0. The molecule has 1 aliphatic heterocycles. The second kappa shape index (κ2) is 7.36. The fraction of sp³-hybridized carbons (Fsp3) is 0.222. The molecule has 0 aromatic heterocycles. The summed E-state index contributed by atoms with van der Waals surface area (Å²) in [5.41, 5.74) is 1.75. The molecule has 0 aliphatic carbocycles. The van der Waals surface area contributed by atoms with Crippen molar-refractivity contribution < 1.29 is 9.53 Å². The summed E-state index contributed by atoms with van der Waals surface area (Å²) in [5.74, 6) is 0.364. The van der Waals surface area contributed by atoms with Gasteiger partial charge in [-0.1, -0.05) is 39.7 Å². The number of esters is 1. The number of aliphatic imine (C=N–C) groups is 1. The number of amidine groups is 1. The van der Waals surface area contributed by atoms with Gasteiger partial charge in [0.1, 0.15) is 5.84 Å². The molecule has 1 atom stereocenters. The first-order valence-corrected chi connectivity index (χ1v) is 8.79. The Kier molecular flexibility index (Phi) is 5.21. The standard InChI is InChI=1S/C18H16BrClN2O2/c1-2-24-18(23)16-11-22(13-9-7-12(19)8-10-13)17(21-16)14-5-3-4-6-15(14)20/h3-10,16H,2,11H2,1H3. The Morgan fingerprint density at radius 3 is 2.67 bits per heavy atom. The Morgan fingerprint density at radius 2 is 2.00 bits per heavy atom. The van der Waals surface area contributed by atoms with E-state index in [1.165, 1.54) is 0 Å². The predicted molar refractivity (Wildman–Crippen MR) is 99.9 cm³/mol. The molecule has 1 aliphatic rings. The van der Waals surface area contributed by atoms with Crippen molar-refractivity contribution in [3.05, 3.63) is 63.6 Å². The first-order chi connectivity index (χ1) is 11.6. The van der Waals surface area contributed by atoms with Gasteiger partial charge in [0.15, 0.2) is 6.04 Å². The summed E-state index contributed by atoms with van der Waals surface area (Å²) in [5, 5.41) is 0.600. The number of halogens is 2. The topological polar surface area (TPSA) is 41.9 Å². The SMILES string of the molecule is CCOC(=O)C1CN(c2ccc(Br)cc2)C(c2ccccc2Cl)=N1. The van der Waals surface area contributed by atoms with Crippen molar-refractivity contribution in [2.75, 3.05) is 18.1 Å². The lowest BCUT2D eigenvalue weighted by molar-refractivity contribution is -0.144. The molecular formula is C18H16BrClN2O2. The monoisotopic (exact) mass is 406 g/mol. The number of nitrogens with zero attached hydrogens (tertiary/aromatic N) is 2. The van der Waals surface area contributed by atoms with Crippen LogP contribution in [0, 0.1) is 0 Å². The lowest BCUT2D eigenvalue weighted by Gasteiger charge is -2.21. The molecule has 1 unspecified atom stereocenters. The van der Waals surface area contributed by atoms with E-state index in [0.717, 1.165) is 15.7 Å². The maximum atomic E-state index is 12.1. The van der Waals surface area contributed by atoms with Crippen LogP contribution in [-0.2, 0) is 9.53 Å². The number of carbonyl (C=O) groups is 1. The zero-order valence-electron chi connectivity index (χ0n) is 13.1. The molecule has 0 N–H and O–H groups in total. The van der Waals surface area contributed by atoms with Crippen molar-refractivity contribution in [2.24, 2.45) is 4.99 Å². The molecule has 0 bridgehead atoms. The lowest BCUT2D eigenvalue weighted by atomic mass is 10.1. The molecule has 0 spiro atoms. The number of anilines is 1. The Balaban J connectivity index is 2.01. The van der Waals surface area contributed by atoms with E-state index in [1.54, 1.807) is 6.92 Å². The van der Waals surface area contributed by atoms with Crippen molar-refractivity contribution >= 4 is 45.0 Å². The van der Waals surface area contributed by atoms with Gasteiger partial charge in [-0.2, -0.15) is 0 Å². The number of ether oxygens (including phenoxy) is 1. The molecule has 1 heterocycles.